The Morgan fingerprint density at radius 1 is 1.00 bits per heavy atom. The van der Waals surface area contributed by atoms with Gasteiger partial charge in [0.2, 0.25) is 10.0 Å². The maximum atomic E-state index is 13.1. The lowest BCUT2D eigenvalue weighted by molar-refractivity contribution is 0.346. The molecule has 0 aromatic heterocycles. The van der Waals surface area contributed by atoms with Gasteiger partial charge in [0.25, 0.3) is 0 Å². The SMILES string of the molecule is O=S(=O)(c1ccc(N=Cc2cccc(F)c2)cc1)N1CCCCC1. The van der Waals surface area contributed by atoms with E-state index in [2.05, 4.69) is 4.99 Å². The second kappa shape index (κ2) is 7.23. The molecule has 24 heavy (non-hydrogen) atoms. The van der Waals surface area contributed by atoms with Crippen LogP contribution in [0.4, 0.5) is 10.1 Å². The van der Waals surface area contributed by atoms with Crippen LogP contribution in [0.15, 0.2) is 58.4 Å². The highest BCUT2D eigenvalue weighted by Gasteiger charge is 2.25. The number of hydrogen-bond donors (Lipinski definition) is 0. The minimum atomic E-state index is -3.42. The van der Waals surface area contributed by atoms with Gasteiger partial charge >= 0.3 is 0 Å². The molecule has 0 spiro atoms. The first kappa shape index (κ1) is 16.8. The normalized spacial score (nSPS) is 16.5. The molecule has 6 heteroatoms. The zero-order valence-electron chi connectivity index (χ0n) is 13.2. The van der Waals surface area contributed by atoms with Crippen LogP contribution >= 0.6 is 0 Å². The number of hydrogen-bond acceptors (Lipinski definition) is 3. The standard InChI is InChI=1S/C18H19FN2O2S/c19-16-6-4-5-15(13-16)14-20-17-7-9-18(10-8-17)24(22,23)21-11-2-1-3-12-21/h4-10,13-14H,1-3,11-12H2. The van der Waals surface area contributed by atoms with Crippen molar-refractivity contribution in [1.82, 2.24) is 4.31 Å². The largest absolute Gasteiger partial charge is 0.256 e. The fraction of sp³-hybridized carbons (Fsp3) is 0.278. The van der Waals surface area contributed by atoms with Crippen LogP contribution in [-0.4, -0.2) is 32.0 Å². The Balaban J connectivity index is 1.75. The molecule has 0 bridgehead atoms. The summed E-state index contributed by atoms with van der Waals surface area (Å²) in [5.41, 5.74) is 1.27. The predicted molar refractivity (Wildman–Crippen MR) is 92.7 cm³/mol. The fourth-order valence-corrected chi connectivity index (χ4v) is 4.21. The summed E-state index contributed by atoms with van der Waals surface area (Å²) in [6.45, 7) is 1.17. The maximum Gasteiger partial charge on any atom is 0.243 e. The first-order chi connectivity index (χ1) is 11.6. The van der Waals surface area contributed by atoms with Crippen LogP contribution in [0.1, 0.15) is 24.8 Å². The Kier molecular flexibility index (Phi) is 5.06. The summed E-state index contributed by atoms with van der Waals surface area (Å²) in [6, 6.07) is 12.6. The molecule has 2 aromatic carbocycles. The molecule has 0 unspecified atom stereocenters. The fourth-order valence-electron chi connectivity index (χ4n) is 2.69. The summed E-state index contributed by atoms with van der Waals surface area (Å²) < 4.78 is 39.8. The molecule has 1 saturated heterocycles. The van der Waals surface area contributed by atoms with Crippen molar-refractivity contribution in [2.75, 3.05) is 13.1 Å². The summed E-state index contributed by atoms with van der Waals surface area (Å²) in [5.74, 6) is -0.318. The highest BCUT2D eigenvalue weighted by atomic mass is 32.2. The number of halogens is 1. The first-order valence-corrected chi connectivity index (χ1v) is 9.39. The smallest absolute Gasteiger partial charge is 0.243 e. The third-order valence-corrected chi connectivity index (χ3v) is 5.91. The van der Waals surface area contributed by atoms with E-state index in [1.165, 1.54) is 12.1 Å². The van der Waals surface area contributed by atoms with Crippen LogP contribution in [0.5, 0.6) is 0 Å². The van der Waals surface area contributed by atoms with E-state index in [1.807, 2.05) is 0 Å². The molecule has 3 rings (SSSR count). The van der Waals surface area contributed by atoms with E-state index >= 15 is 0 Å². The molecule has 1 heterocycles. The molecule has 0 saturated carbocycles. The van der Waals surface area contributed by atoms with E-state index in [0.717, 1.165) is 19.3 Å². The van der Waals surface area contributed by atoms with E-state index in [9.17, 15) is 12.8 Å². The van der Waals surface area contributed by atoms with Crippen LogP contribution in [0.2, 0.25) is 0 Å². The topological polar surface area (TPSA) is 49.7 Å². The number of nitrogens with zero attached hydrogens (tertiary/aromatic N) is 2. The average Bonchev–Trinajstić information content (AvgIpc) is 2.61. The van der Waals surface area contributed by atoms with E-state index in [1.54, 1.807) is 46.9 Å². The molecular formula is C18H19FN2O2S. The van der Waals surface area contributed by atoms with Crippen LogP contribution < -0.4 is 0 Å². The Morgan fingerprint density at radius 2 is 1.71 bits per heavy atom. The van der Waals surface area contributed by atoms with Crippen molar-refractivity contribution in [1.29, 1.82) is 0 Å². The maximum absolute atomic E-state index is 13.1. The van der Waals surface area contributed by atoms with Gasteiger partial charge in [-0.15, -0.1) is 0 Å². The lowest BCUT2D eigenvalue weighted by Crippen LogP contribution is -2.35. The molecule has 0 atom stereocenters. The third-order valence-electron chi connectivity index (χ3n) is 4.00. The van der Waals surface area contributed by atoms with Gasteiger partial charge < -0.3 is 0 Å². The molecule has 0 amide bonds. The van der Waals surface area contributed by atoms with Crippen molar-refractivity contribution in [2.45, 2.75) is 24.2 Å². The van der Waals surface area contributed by atoms with Crippen molar-refractivity contribution in [3.63, 3.8) is 0 Å². The Labute approximate surface area is 141 Å². The zero-order chi connectivity index (χ0) is 17.0. The summed E-state index contributed by atoms with van der Waals surface area (Å²) in [7, 11) is -3.42. The van der Waals surface area contributed by atoms with Gasteiger partial charge in [-0.1, -0.05) is 18.6 Å². The van der Waals surface area contributed by atoms with Gasteiger partial charge in [0.1, 0.15) is 5.82 Å². The molecule has 0 radical (unpaired) electrons. The van der Waals surface area contributed by atoms with Gasteiger partial charge in [-0.25, -0.2) is 12.8 Å². The number of benzene rings is 2. The van der Waals surface area contributed by atoms with Crippen molar-refractivity contribution in [2.24, 2.45) is 4.99 Å². The van der Waals surface area contributed by atoms with E-state index in [-0.39, 0.29) is 10.7 Å². The Bertz CT molecular complexity index is 826. The summed E-state index contributed by atoms with van der Waals surface area (Å²) in [6.07, 6.45) is 4.46. The third kappa shape index (κ3) is 3.88. The van der Waals surface area contributed by atoms with Crippen LogP contribution in [0.3, 0.4) is 0 Å². The van der Waals surface area contributed by atoms with Crippen LogP contribution in [-0.2, 0) is 10.0 Å². The average molecular weight is 346 g/mol. The molecule has 2 aromatic rings. The number of rotatable bonds is 4. The monoisotopic (exact) mass is 346 g/mol. The van der Waals surface area contributed by atoms with Gasteiger partial charge in [-0.05, 0) is 54.8 Å². The van der Waals surface area contributed by atoms with E-state index in [4.69, 9.17) is 0 Å². The minimum Gasteiger partial charge on any atom is -0.256 e. The summed E-state index contributed by atoms with van der Waals surface area (Å²) >= 11 is 0. The zero-order valence-corrected chi connectivity index (χ0v) is 14.0. The van der Waals surface area contributed by atoms with Crippen molar-refractivity contribution < 1.29 is 12.8 Å². The summed E-state index contributed by atoms with van der Waals surface area (Å²) in [5, 5.41) is 0. The van der Waals surface area contributed by atoms with Crippen molar-refractivity contribution in [3.8, 4) is 0 Å². The molecule has 1 fully saturated rings. The predicted octanol–water partition coefficient (Wildman–Crippen LogP) is 3.75. The van der Waals surface area contributed by atoms with Crippen LogP contribution in [0, 0.1) is 5.82 Å². The first-order valence-electron chi connectivity index (χ1n) is 7.95. The molecule has 0 aliphatic carbocycles. The van der Waals surface area contributed by atoms with E-state index < -0.39 is 10.0 Å². The van der Waals surface area contributed by atoms with Gasteiger partial charge in [0, 0.05) is 19.3 Å². The minimum absolute atomic E-state index is 0.286. The molecule has 1 aliphatic heterocycles. The molecule has 4 nitrogen and oxygen atoms in total. The van der Waals surface area contributed by atoms with Gasteiger partial charge in [-0.3, -0.25) is 4.99 Å². The Morgan fingerprint density at radius 3 is 2.38 bits per heavy atom. The van der Waals surface area contributed by atoms with Gasteiger partial charge in [0.05, 0.1) is 10.6 Å². The second-order valence-electron chi connectivity index (χ2n) is 5.77. The highest BCUT2D eigenvalue weighted by Crippen LogP contribution is 2.22. The highest BCUT2D eigenvalue weighted by molar-refractivity contribution is 7.89. The number of sulfonamides is 1. The lowest BCUT2D eigenvalue weighted by atomic mass is 10.2. The molecule has 126 valence electrons. The lowest BCUT2D eigenvalue weighted by Gasteiger charge is -2.25. The quantitative estimate of drug-likeness (QED) is 0.792. The number of piperidine rings is 1. The second-order valence-corrected chi connectivity index (χ2v) is 7.71. The van der Waals surface area contributed by atoms with Crippen molar-refractivity contribution in [3.05, 3.63) is 59.9 Å². The van der Waals surface area contributed by atoms with Gasteiger partial charge in [0.15, 0.2) is 0 Å². The van der Waals surface area contributed by atoms with Gasteiger partial charge in [-0.2, -0.15) is 4.31 Å². The Hall–Kier alpha value is -2.05. The van der Waals surface area contributed by atoms with Crippen molar-refractivity contribution >= 4 is 21.9 Å². The van der Waals surface area contributed by atoms with Crippen LogP contribution in [0.25, 0.3) is 0 Å². The number of aliphatic imine (C=N–C) groups is 1. The van der Waals surface area contributed by atoms with E-state index in [0.29, 0.717) is 24.3 Å². The molecular weight excluding hydrogens is 327 g/mol. The molecule has 1 aliphatic rings. The summed E-state index contributed by atoms with van der Waals surface area (Å²) in [4.78, 5) is 4.54. The molecule has 0 N–H and O–H groups in total.